The number of carbonyl (C=O) groups excluding carboxylic acids is 2. The quantitative estimate of drug-likeness (QED) is 0.738. The van der Waals surface area contributed by atoms with E-state index in [4.69, 9.17) is 9.84 Å². The van der Waals surface area contributed by atoms with Crippen LogP contribution in [-0.2, 0) is 14.3 Å². The van der Waals surface area contributed by atoms with Crippen molar-refractivity contribution in [1.29, 1.82) is 0 Å². The van der Waals surface area contributed by atoms with Crippen LogP contribution in [0.1, 0.15) is 30.4 Å². The summed E-state index contributed by atoms with van der Waals surface area (Å²) in [6.45, 7) is 1.55. The Kier molecular flexibility index (Phi) is 6.36. The summed E-state index contributed by atoms with van der Waals surface area (Å²) < 4.78 is 5.42. The van der Waals surface area contributed by atoms with E-state index in [0.717, 1.165) is 34.0 Å². The molecule has 0 bridgehead atoms. The van der Waals surface area contributed by atoms with Gasteiger partial charge in [0.1, 0.15) is 6.61 Å². The molecule has 0 heterocycles. The van der Waals surface area contributed by atoms with E-state index in [1.54, 1.807) is 0 Å². The van der Waals surface area contributed by atoms with E-state index in [1.165, 1.54) is 6.92 Å². The third kappa shape index (κ3) is 4.72. The first-order valence-electron chi connectivity index (χ1n) is 8.92. The van der Waals surface area contributed by atoms with Crippen molar-refractivity contribution in [2.24, 2.45) is 0 Å². The molecule has 0 radical (unpaired) electrons. The van der Waals surface area contributed by atoms with Crippen LogP contribution in [0.5, 0.6) is 0 Å². The molecule has 0 fully saturated rings. The number of amides is 1. The first-order chi connectivity index (χ1) is 13.5. The van der Waals surface area contributed by atoms with Crippen molar-refractivity contribution in [3.8, 4) is 11.1 Å². The van der Waals surface area contributed by atoms with Crippen LogP contribution >= 0.6 is 11.8 Å². The number of ether oxygens (including phenoxy) is 1. The zero-order valence-electron chi connectivity index (χ0n) is 15.4. The summed E-state index contributed by atoms with van der Waals surface area (Å²) in [4.78, 5) is 34.4. The molecule has 7 heteroatoms. The Bertz CT molecular complexity index is 852. The highest BCUT2D eigenvalue weighted by Gasteiger charge is 2.29. The van der Waals surface area contributed by atoms with Gasteiger partial charge in [-0.15, -0.1) is 0 Å². The summed E-state index contributed by atoms with van der Waals surface area (Å²) >= 11 is 0.976. The Hall–Kier alpha value is -2.80. The first-order valence-corrected chi connectivity index (χ1v) is 9.91. The van der Waals surface area contributed by atoms with Crippen molar-refractivity contribution >= 4 is 28.9 Å². The fourth-order valence-corrected chi connectivity index (χ4v) is 4.02. The molecule has 0 spiro atoms. The van der Waals surface area contributed by atoms with E-state index >= 15 is 0 Å². The van der Waals surface area contributed by atoms with Gasteiger partial charge in [0.15, 0.2) is 5.12 Å². The van der Waals surface area contributed by atoms with Crippen LogP contribution in [0.3, 0.4) is 0 Å². The molecule has 146 valence electrons. The summed E-state index contributed by atoms with van der Waals surface area (Å²) in [5.74, 6) is -0.929. The van der Waals surface area contributed by atoms with Gasteiger partial charge in [0.2, 0.25) is 0 Å². The second-order valence-electron chi connectivity index (χ2n) is 6.57. The minimum absolute atomic E-state index is 0.0670. The lowest BCUT2D eigenvalue weighted by molar-refractivity contribution is -0.137. The van der Waals surface area contributed by atoms with Gasteiger partial charge in [-0.25, -0.2) is 4.79 Å². The van der Waals surface area contributed by atoms with Crippen LogP contribution in [0.2, 0.25) is 0 Å². The van der Waals surface area contributed by atoms with Crippen LogP contribution < -0.4 is 5.32 Å². The molecule has 1 aliphatic carbocycles. The Balaban J connectivity index is 1.65. The molecular formula is C21H21NO5S. The van der Waals surface area contributed by atoms with Crippen molar-refractivity contribution in [3.63, 3.8) is 0 Å². The lowest BCUT2D eigenvalue weighted by Crippen LogP contribution is -2.39. The lowest BCUT2D eigenvalue weighted by Gasteiger charge is -2.18. The Labute approximate surface area is 167 Å². The van der Waals surface area contributed by atoms with Crippen molar-refractivity contribution in [2.75, 3.05) is 12.4 Å². The van der Waals surface area contributed by atoms with E-state index in [2.05, 4.69) is 17.4 Å². The molecule has 2 aromatic rings. The van der Waals surface area contributed by atoms with Gasteiger partial charge in [-0.05, 0) is 22.3 Å². The fraction of sp³-hybridized carbons (Fsp3) is 0.286. The van der Waals surface area contributed by atoms with E-state index in [0.29, 0.717) is 0 Å². The number of alkyl carbamates (subject to hydrolysis) is 1. The third-order valence-electron chi connectivity index (χ3n) is 4.57. The highest BCUT2D eigenvalue weighted by atomic mass is 32.2. The standard InChI is InChI=1S/C21H21NO5S/c1-13(23)28-12-14(10-20(24)25)22-21(26)27-11-19-17-8-4-2-6-15(17)16-7-3-5-9-18(16)19/h2-9,14,19H,10-12H2,1H3,(H,22,26)(H,24,25). The number of fused-ring (bicyclic) bond motifs is 3. The van der Waals surface area contributed by atoms with Crippen LogP contribution in [0.15, 0.2) is 48.5 Å². The topological polar surface area (TPSA) is 92.7 Å². The van der Waals surface area contributed by atoms with E-state index < -0.39 is 18.1 Å². The molecule has 0 saturated carbocycles. The van der Waals surface area contributed by atoms with Gasteiger partial charge in [0, 0.05) is 18.6 Å². The first kappa shape index (κ1) is 19.9. The molecule has 2 N–H and O–H groups in total. The summed E-state index contributed by atoms with van der Waals surface area (Å²) in [6.07, 6.45) is -0.956. The highest BCUT2D eigenvalue weighted by molar-refractivity contribution is 8.13. The van der Waals surface area contributed by atoms with Crippen LogP contribution in [-0.4, -0.2) is 40.7 Å². The van der Waals surface area contributed by atoms with Gasteiger partial charge in [0.05, 0.1) is 12.5 Å². The van der Waals surface area contributed by atoms with E-state index in [-0.39, 0.29) is 29.8 Å². The zero-order valence-corrected chi connectivity index (χ0v) is 16.2. The summed E-state index contributed by atoms with van der Waals surface area (Å²) in [7, 11) is 0. The molecule has 1 aliphatic rings. The fourth-order valence-electron chi connectivity index (χ4n) is 3.39. The van der Waals surface area contributed by atoms with Crippen molar-refractivity contribution in [2.45, 2.75) is 25.3 Å². The zero-order chi connectivity index (χ0) is 20.1. The van der Waals surface area contributed by atoms with E-state index in [9.17, 15) is 14.4 Å². The number of carbonyl (C=O) groups is 3. The third-order valence-corrected chi connectivity index (χ3v) is 5.55. The van der Waals surface area contributed by atoms with E-state index in [1.807, 2.05) is 36.4 Å². The average Bonchev–Trinajstić information content (AvgIpc) is 2.98. The van der Waals surface area contributed by atoms with Crippen molar-refractivity contribution < 1.29 is 24.2 Å². The average molecular weight is 399 g/mol. The van der Waals surface area contributed by atoms with Crippen LogP contribution in [0, 0.1) is 0 Å². The van der Waals surface area contributed by atoms with Gasteiger partial charge in [-0.1, -0.05) is 60.3 Å². The normalized spacial score (nSPS) is 13.3. The van der Waals surface area contributed by atoms with Gasteiger partial charge in [-0.3, -0.25) is 9.59 Å². The Morgan fingerprint density at radius 2 is 1.64 bits per heavy atom. The molecule has 0 aliphatic heterocycles. The predicted octanol–water partition coefficient (Wildman–Crippen LogP) is 3.65. The van der Waals surface area contributed by atoms with Crippen LogP contribution in [0.25, 0.3) is 11.1 Å². The van der Waals surface area contributed by atoms with Gasteiger partial charge in [-0.2, -0.15) is 0 Å². The Morgan fingerprint density at radius 3 is 2.18 bits per heavy atom. The predicted molar refractivity (Wildman–Crippen MR) is 107 cm³/mol. The molecule has 1 atom stereocenters. The molecule has 2 aromatic carbocycles. The largest absolute Gasteiger partial charge is 0.481 e. The SMILES string of the molecule is CC(=O)SCC(CC(=O)O)NC(=O)OCC1c2ccccc2-c2ccccc21. The maximum atomic E-state index is 12.2. The second-order valence-corrected chi connectivity index (χ2v) is 7.76. The Morgan fingerprint density at radius 1 is 1.07 bits per heavy atom. The molecule has 1 amide bonds. The number of aliphatic carboxylic acids is 1. The number of carboxylic acid groups (broad SMARTS) is 1. The molecule has 28 heavy (non-hydrogen) atoms. The smallest absolute Gasteiger partial charge is 0.407 e. The second kappa shape index (κ2) is 8.93. The summed E-state index contributed by atoms with van der Waals surface area (Å²) in [6, 6.07) is 15.4. The van der Waals surface area contributed by atoms with Crippen molar-refractivity contribution in [1.82, 2.24) is 5.32 Å². The molecule has 6 nitrogen and oxygen atoms in total. The molecule has 3 rings (SSSR count). The number of nitrogens with one attached hydrogen (secondary N) is 1. The van der Waals surface area contributed by atoms with Gasteiger partial charge < -0.3 is 15.2 Å². The molecule has 0 aromatic heterocycles. The number of benzene rings is 2. The number of hydrogen-bond acceptors (Lipinski definition) is 5. The van der Waals surface area contributed by atoms with Crippen molar-refractivity contribution in [3.05, 3.63) is 59.7 Å². The number of thioether (sulfide) groups is 1. The highest BCUT2D eigenvalue weighted by Crippen LogP contribution is 2.44. The molecule has 0 saturated heterocycles. The monoisotopic (exact) mass is 399 g/mol. The minimum Gasteiger partial charge on any atom is -0.481 e. The number of hydrogen-bond donors (Lipinski definition) is 2. The summed E-state index contributed by atoms with van der Waals surface area (Å²) in [5, 5.41) is 11.4. The molecule has 1 unspecified atom stereocenters. The summed E-state index contributed by atoms with van der Waals surface area (Å²) in [5.41, 5.74) is 4.47. The molecular weight excluding hydrogens is 378 g/mol. The van der Waals surface area contributed by atoms with Gasteiger partial charge >= 0.3 is 12.1 Å². The number of carboxylic acids is 1. The maximum absolute atomic E-state index is 12.2. The van der Waals surface area contributed by atoms with Crippen LogP contribution in [0.4, 0.5) is 4.79 Å². The van der Waals surface area contributed by atoms with Gasteiger partial charge in [0.25, 0.3) is 0 Å². The maximum Gasteiger partial charge on any atom is 0.407 e. The lowest BCUT2D eigenvalue weighted by atomic mass is 9.98. The minimum atomic E-state index is -1.05. The number of rotatable bonds is 7.